The number of ether oxygens (including phenoxy) is 2. The lowest BCUT2D eigenvalue weighted by Crippen LogP contribution is -2.38. The third kappa shape index (κ3) is 4.72. The molecule has 5 nitrogen and oxygen atoms in total. The van der Waals surface area contributed by atoms with Gasteiger partial charge in [-0.1, -0.05) is 45.9 Å². The fraction of sp³-hybridized carbons (Fsp3) is 0.632. The van der Waals surface area contributed by atoms with Crippen LogP contribution in [0.4, 0.5) is 0 Å². The predicted molar refractivity (Wildman–Crippen MR) is 101 cm³/mol. The Balaban J connectivity index is 2.29. The number of rotatable bonds is 9. The summed E-state index contributed by atoms with van der Waals surface area (Å²) in [6.45, 7) is 8.65. The molecule has 25 heavy (non-hydrogen) atoms. The second kappa shape index (κ2) is 8.48. The molecule has 0 heterocycles. The van der Waals surface area contributed by atoms with Crippen LogP contribution in [0.5, 0.6) is 5.75 Å². The van der Waals surface area contributed by atoms with Crippen LogP contribution < -0.4 is 9.61 Å². The molecule has 1 aliphatic carbocycles. The van der Waals surface area contributed by atoms with Crippen molar-refractivity contribution in [2.24, 2.45) is 0 Å². The maximum absolute atomic E-state index is 12.1. The molecule has 1 aromatic rings. The summed E-state index contributed by atoms with van der Waals surface area (Å²) in [4.78, 5) is 12.1. The fourth-order valence-electron chi connectivity index (χ4n) is 2.82. The van der Waals surface area contributed by atoms with Gasteiger partial charge in [0.2, 0.25) is 0 Å². The molecule has 0 aromatic heterocycles. The molecule has 1 atom stereocenters. The van der Waals surface area contributed by atoms with Crippen molar-refractivity contribution in [2.75, 3.05) is 20.6 Å². The SMILES string of the molecule is COCP(NC1(C(=O)OC)CC1)Oc1c(C(C)C)cccc1C(C)C. The Morgan fingerprint density at radius 3 is 2.12 bits per heavy atom. The van der Waals surface area contributed by atoms with E-state index in [0.717, 1.165) is 18.6 Å². The molecular weight excluding hydrogens is 337 g/mol. The number of carbonyl (C=O) groups is 1. The molecule has 140 valence electrons. The van der Waals surface area contributed by atoms with E-state index in [1.54, 1.807) is 7.11 Å². The number of methoxy groups -OCH3 is 2. The summed E-state index contributed by atoms with van der Waals surface area (Å²) in [6.07, 6.45) is 1.96. The quantitative estimate of drug-likeness (QED) is 0.514. The lowest BCUT2D eigenvalue weighted by Gasteiger charge is -2.27. The van der Waals surface area contributed by atoms with E-state index in [-0.39, 0.29) is 5.97 Å². The topological polar surface area (TPSA) is 56.8 Å². The average molecular weight is 367 g/mol. The van der Waals surface area contributed by atoms with Crippen LogP contribution in [0.2, 0.25) is 0 Å². The van der Waals surface area contributed by atoms with Crippen LogP contribution in [0.15, 0.2) is 18.2 Å². The molecule has 0 radical (unpaired) electrons. The second-order valence-corrected chi connectivity index (χ2v) is 8.57. The van der Waals surface area contributed by atoms with Gasteiger partial charge in [-0.05, 0) is 35.8 Å². The van der Waals surface area contributed by atoms with Crippen LogP contribution in [-0.2, 0) is 14.3 Å². The van der Waals surface area contributed by atoms with Crippen LogP contribution in [0.3, 0.4) is 0 Å². The number of benzene rings is 1. The Hall–Kier alpha value is -1.16. The van der Waals surface area contributed by atoms with Gasteiger partial charge in [-0.25, -0.2) is 5.09 Å². The smallest absolute Gasteiger partial charge is 0.326 e. The van der Waals surface area contributed by atoms with Gasteiger partial charge in [0.1, 0.15) is 17.6 Å². The number of hydrogen-bond acceptors (Lipinski definition) is 5. The van der Waals surface area contributed by atoms with E-state index in [0.29, 0.717) is 18.2 Å². The average Bonchev–Trinajstić information content (AvgIpc) is 3.34. The molecule has 6 heteroatoms. The first-order chi connectivity index (χ1) is 11.8. The summed E-state index contributed by atoms with van der Waals surface area (Å²) >= 11 is 0. The van der Waals surface area contributed by atoms with Gasteiger partial charge in [-0.15, -0.1) is 0 Å². The van der Waals surface area contributed by atoms with Gasteiger partial charge in [-0.2, -0.15) is 0 Å². The molecule has 0 bridgehead atoms. The summed E-state index contributed by atoms with van der Waals surface area (Å²) in [5, 5.41) is 3.38. The lowest BCUT2D eigenvalue weighted by molar-refractivity contribution is -0.143. The van der Waals surface area contributed by atoms with Gasteiger partial charge < -0.3 is 14.0 Å². The Labute approximate surface area is 152 Å². The van der Waals surface area contributed by atoms with Gasteiger partial charge in [0.15, 0.2) is 8.30 Å². The zero-order chi connectivity index (χ0) is 18.6. The molecule has 0 spiro atoms. The van der Waals surface area contributed by atoms with Crippen molar-refractivity contribution < 1.29 is 18.8 Å². The van der Waals surface area contributed by atoms with Crippen LogP contribution in [0.25, 0.3) is 0 Å². The van der Waals surface area contributed by atoms with Gasteiger partial charge in [0.05, 0.1) is 7.11 Å². The molecule has 1 saturated carbocycles. The minimum absolute atomic E-state index is 0.221. The highest BCUT2D eigenvalue weighted by atomic mass is 31.2. The molecule has 1 unspecified atom stereocenters. The zero-order valence-electron chi connectivity index (χ0n) is 16.1. The lowest BCUT2D eigenvalue weighted by atomic mass is 9.94. The summed E-state index contributed by atoms with van der Waals surface area (Å²) in [6, 6.07) is 6.30. The maximum atomic E-state index is 12.1. The van der Waals surface area contributed by atoms with Crippen molar-refractivity contribution in [3.63, 3.8) is 0 Å². The van der Waals surface area contributed by atoms with E-state index in [1.165, 1.54) is 18.2 Å². The monoisotopic (exact) mass is 367 g/mol. The van der Waals surface area contributed by atoms with Crippen LogP contribution in [0.1, 0.15) is 63.5 Å². The minimum atomic E-state index is -1.16. The van der Waals surface area contributed by atoms with E-state index in [4.69, 9.17) is 14.0 Å². The van der Waals surface area contributed by atoms with Crippen molar-refractivity contribution in [1.82, 2.24) is 5.09 Å². The summed E-state index contributed by atoms with van der Waals surface area (Å²) < 4.78 is 16.7. The zero-order valence-corrected chi connectivity index (χ0v) is 17.0. The Kier molecular flexibility index (Phi) is 6.84. The number of hydrogen-bond donors (Lipinski definition) is 1. The fourth-order valence-corrected chi connectivity index (χ4v) is 4.44. The molecule has 0 amide bonds. The van der Waals surface area contributed by atoms with Crippen molar-refractivity contribution in [3.8, 4) is 5.75 Å². The highest BCUT2D eigenvalue weighted by Gasteiger charge is 2.53. The Bertz CT molecular complexity index is 573. The van der Waals surface area contributed by atoms with Crippen LogP contribution >= 0.6 is 8.30 Å². The minimum Gasteiger partial charge on any atom is -0.468 e. The van der Waals surface area contributed by atoms with Gasteiger partial charge in [0.25, 0.3) is 0 Å². The van der Waals surface area contributed by atoms with Gasteiger partial charge in [-0.3, -0.25) is 4.79 Å². The normalized spacial score (nSPS) is 16.8. The van der Waals surface area contributed by atoms with Gasteiger partial charge in [0, 0.05) is 7.11 Å². The first kappa shape index (κ1) is 20.2. The number of carbonyl (C=O) groups excluding carboxylic acids is 1. The van der Waals surface area contributed by atoms with Crippen molar-refractivity contribution in [3.05, 3.63) is 29.3 Å². The predicted octanol–water partition coefficient (Wildman–Crippen LogP) is 4.52. The maximum Gasteiger partial charge on any atom is 0.326 e. The van der Waals surface area contributed by atoms with E-state index in [9.17, 15) is 4.79 Å². The largest absolute Gasteiger partial charge is 0.468 e. The first-order valence-corrected chi connectivity index (χ1v) is 10.2. The Morgan fingerprint density at radius 1 is 1.16 bits per heavy atom. The van der Waals surface area contributed by atoms with Crippen molar-refractivity contribution >= 4 is 14.3 Å². The second-order valence-electron chi connectivity index (χ2n) is 7.15. The van der Waals surface area contributed by atoms with E-state index < -0.39 is 13.8 Å². The number of esters is 1. The molecular formula is C19H30NO4P. The van der Waals surface area contributed by atoms with Crippen molar-refractivity contribution in [1.29, 1.82) is 0 Å². The standard InChI is InChI=1S/C19H30NO4P/c1-13(2)15-8-7-9-16(14(3)4)17(15)24-25(12-22-5)20-19(10-11-19)18(21)23-6/h7-9,13-14,20H,10-12H2,1-6H3. The first-order valence-electron chi connectivity index (χ1n) is 8.78. The molecule has 2 rings (SSSR count). The highest BCUT2D eigenvalue weighted by Crippen LogP contribution is 2.48. The van der Waals surface area contributed by atoms with E-state index in [1.807, 2.05) is 0 Å². The molecule has 0 aliphatic heterocycles. The summed E-state index contributed by atoms with van der Waals surface area (Å²) in [7, 11) is 1.92. The van der Waals surface area contributed by atoms with Gasteiger partial charge >= 0.3 is 5.97 Å². The molecule has 0 saturated heterocycles. The third-order valence-electron chi connectivity index (χ3n) is 4.43. The van der Waals surface area contributed by atoms with Crippen LogP contribution in [0, 0.1) is 0 Å². The molecule has 1 aliphatic rings. The number of para-hydroxylation sites is 1. The van der Waals surface area contributed by atoms with E-state index in [2.05, 4.69) is 51.0 Å². The Morgan fingerprint density at radius 2 is 1.72 bits per heavy atom. The number of nitrogens with one attached hydrogen (secondary N) is 1. The third-order valence-corrected chi connectivity index (χ3v) is 6.01. The summed E-state index contributed by atoms with van der Waals surface area (Å²) in [5.41, 5.74) is 1.75. The molecule has 1 fully saturated rings. The molecule has 1 aromatic carbocycles. The molecule has 1 N–H and O–H groups in total. The van der Waals surface area contributed by atoms with Crippen LogP contribution in [-0.4, -0.2) is 32.1 Å². The highest BCUT2D eigenvalue weighted by molar-refractivity contribution is 7.50. The van der Waals surface area contributed by atoms with Crippen molar-refractivity contribution in [2.45, 2.75) is 57.9 Å². The summed E-state index contributed by atoms with van der Waals surface area (Å²) in [5.74, 6) is 1.40. The van der Waals surface area contributed by atoms with E-state index >= 15 is 0 Å².